The average molecular weight is 734 g/mol. The van der Waals surface area contributed by atoms with Gasteiger partial charge in [0.05, 0.1) is 0 Å². The SMILES string of the molecule is CC1(C)c2ccc3c(c2-c2ccc4ccccc4c2C1(C)C)C(c1ccc(-c2nc(-c4ccccc4)nc(-c4ccccc4)n2)c2ccccc12)C1=C3CCC=C1. The Kier molecular flexibility index (Phi) is 7.44. The summed E-state index contributed by atoms with van der Waals surface area (Å²) in [7, 11) is 0. The van der Waals surface area contributed by atoms with Crippen LogP contribution in [0.5, 0.6) is 0 Å². The van der Waals surface area contributed by atoms with Gasteiger partial charge in [-0.15, -0.1) is 0 Å². The van der Waals surface area contributed by atoms with E-state index in [1.807, 2.05) is 36.4 Å². The Morgan fingerprint density at radius 3 is 1.82 bits per heavy atom. The first-order chi connectivity index (χ1) is 27.8. The highest BCUT2D eigenvalue weighted by atomic mass is 15.0. The van der Waals surface area contributed by atoms with Crippen LogP contribution in [0.15, 0.2) is 163 Å². The number of aromatic nitrogens is 3. The summed E-state index contributed by atoms with van der Waals surface area (Å²) in [5.41, 5.74) is 15.6. The van der Waals surface area contributed by atoms with Gasteiger partial charge in [-0.25, -0.2) is 15.0 Å². The average Bonchev–Trinajstić information content (AvgIpc) is 3.59. The molecular weight excluding hydrogens is 691 g/mol. The van der Waals surface area contributed by atoms with E-state index in [1.165, 1.54) is 66.2 Å². The van der Waals surface area contributed by atoms with Gasteiger partial charge in [0.1, 0.15) is 0 Å². The lowest BCUT2D eigenvalue weighted by molar-refractivity contribution is 0.301. The Morgan fingerprint density at radius 1 is 0.509 bits per heavy atom. The van der Waals surface area contributed by atoms with E-state index in [0.717, 1.165) is 34.9 Å². The summed E-state index contributed by atoms with van der Waals surface area (Å²) < 4.78 is 0. The molecule has 1 aromatic heterocycles. The molecular formula is C54H43N3. The lowest BCUT2D eigenvalue weighted by atomic mass is 9.54. The minimum absolute atomic E-state index is 0.0786. The Balaban J connectivity index is 1.17. The van der Waals surface area contributed by atoms with Crippen LogP contribution in [0, 0.1) is 0 Å². The summed E-state index contributed by atoms with van der Waals surface area (Å²) >= 11 is 0. The molecule has 0 N–H and O–H groups in total. The molecule has 0 radical (unpaired) electrons. The molecule has 0 fully saturated rings. The van der Waals surface area contributed by atoms with Gasteiger partial charge in [-0.1, -0.05) is 185 Å². The van der Waals surface area contributed by atoms with Crippen molar-refractivity contribution in [2.75, 3.05) is 0 Å². The molecule has 0 bridgehead atoms. The van der Waals surface area contributed by atoms with Crippen molar-refractivity contribution in [2.24, 2.45) is 0 Å². The molecule has 3 heteroatoms. The molecule has 274 valence electrons. The predicted octanol–water partition coefficient (Wildman–Crippen LogP) is 13.7. The summed E-state index contributed by atoms with van der Waals surface area (Å²) in [4.78, 5) is 15.3. The van der Waals surface area contributed by atoms with Crippen molar-refractivity contribution >= 4 is 27.1 Å². The third-order valence-corrected chi connectivity index (χ3v) is 13.6. The lowest BCUT2D eigenvalue weighted by Crippen LogP contribution is -2.44. The minimum atomic E-state index is -0.116. The highest BCUT2D eigenvalue weighted by Gasteiger charge is 2.49. The molecule has 1 heterocycles. The molecule has 0 saturated carbocycles. The topological polar surface area (TPSA) is 38.7 Å². The highest BCUT2D eigenvalue weighted by molar-refractivity contribution is 6.02. The standard InChI is InChI=1S/C54H43N3/c1-53(2)45-32-31-42-39-25-15-16-26-40(39)46(48(42)47(45)44-28-27-33-17-11-12-22-36(33)49(44)54(53,3)4)41-29-30-43(38-24-14-13-23-37(38)41)52-56-50(34-18-7-5-8-19-34)55-51(57-52)35-20-9-6-10-21-35/h5-14,16-24,26-32,46H,15,25H2,1-4H3. The molecule has 1 unspecified atom stereocenters. The normalized spacial score (nSPS) is 17.3. The third kappa shape index (κ3) is 4.94. The largest absolute Gasteiger partial charge is 0.208 e. The number of hydrogen-bond acceptors (Lipinski definition) is 3. The molecule has 3 aliphatic carbocycles. The fourth-order valence-corrected chi connectivity index (χ4v) is 10.2. The van der Waals surface area contributed by atoms with Crippen LogP contribution in [-0.2, 0) is 10.8 Å². The number of allylic oxidation sites excluding steroid dienone is 4. The van der Waals surface area contributed by atoms with Crippen molar-refractivity contribution in [3.63, 3.8) is 0 Å². The molecule has 57 heavy (non-hydrogen) atoms. The molecule has 0 aliphatic heterocycles. The molecule has 3 nitrogen and oxygen atoms in total. The van der Waals surface area contributed by atoms with Crippen LogP contribution in [0.3, 0.4) is 0 Å². The van der Waals surface area contributed by atoms with Crippen molar-refractivity contribution in [3.05, 3.63) is 191 Å². The van der Waals surface area contributed by atoms with E-state index in [9.17, 15) is 0 Å². The summed E-state index contributed by atoms with van der Waals surface area (Å²) in [6.07, 6.45) is 6.94. The fourth-order valence-electron chi connectivity index (χ4n) is 10.2. The van der Waals surface area contributed by atoms with Crippen molar-refractivity contribution in [2.45, 2.75) is 57.3 Å². The van der Waals surface area contributed by atoms with Crippen molar-refractivity contribution < 1.29 is 0 Å². The molecule has 0 spiro atoms. The van der Waals surface area contributed by atoms with Gasteiger partial charge in [0.15, 0.2) is 17.5 Å². The van der Waals surface area contributed by atoms with Gasteiger partial charge in [0, 0.05) is 28.0 Å². The van der Waals surface area contributed by atoms with Gasteiger partial charge >= 0.3 is 0 Å². The Hall–Kier alpha value is -6.45. The Labute approximate surface area is 334 Å². The first-order valence-corrected chi connectivity index (χ1v) is 20.3. The van der Waals surface area contributed by atoms with Crippen molar-refractivity contribution in [1.82, 2.24) is 15.0 Å². The number of fused-ring (bicyclic) bond motifs is 9. The van der Waals surface area contributed by atoms with Gasteiger partial charge in [-0.2, -0.15) is 0 Å². The van der Waals surface area contributed by atoms with Gasteiger partial charge in [0.2, 0.25) is 0 Å². The van der Waals surface area contributed by atoms with Crippen molar-refractivity contribution in [1.29, 1.82) is 0 Å². The van der Waals surface area contributed by atoms with Crippen LogP contribution in [-0.4, -0.2) is 15.0 Å². The molecule has 1 atom stereocenters. The monoisotopic (exact) mass is 733 g/mol. The number of hydrogen-bond donors (Lipinski definition) is 0. The number of benzene rings is 7. The maximum Gasteiger partial charge on any atom is 0.164 e. The third-order valence-electron chi connectivity index (χ3n) is 13.6. The predicted molar refractivity (Wildman–Crippen MR) is 236 cm³/mol. The summed E-state index contributed by atoms with van der Waals surface area (Å²) in [6.45, 7) is 9.84. The van der Waals surface area contributed by atoms with Gasteiger partial charge in [-0.3, -0.25) is 0 Å². The maximum absolute atomic E-state index is 5.17. The molecule has 8 aromatic rings. The first kappa shape index (κ1) is 33.9. The molecule has 0 saturated heterocycles. The van der Waals surface area contributed by atoms with Crippen LogP contribution in [0.1, 0.15) is 74.3 Å². The lowest BCUT2D eigenvalue weighted by Gasteiger charge is -2.49. The van der Waals surface area contributed by atoms with Crippen LogP contribution < -0.4 is 0 Å². The number of rotatable bonds is 4. The molecule has 7 aromatic carbocycles. The van der Waals surface area contributed by atoms with Crippen LogP contribution >= 0.6 is 0 Å². The van der Waals surface area contributed by atoms with Crippen LogP contribution in [0.2, 0.25) is 0 Å². The second kappa shape index (κ2) is 12.5. The van der Waals surface area contributed by atoms with Crippen LogP contribution in [0.25, 0.3) is 72.4 Å². The van der Waals surface area contributed by atoms with Crippen molar-refractivity contribution in [3.8, 4) is 45.3 Å². The zero-order valence-electron chi connectivity index (χ0n) is 32.8. The summed E-state index contributed by atoms with van der Waals surface area (Å²) in [6, 6.07) is 52.7. The quantitative estimate of drug-likeness (QED) is 0.181. The van der Waals surface area contributed by atoms with E-state index in [0.29, 0.717) is 17.5 Å². The van der Waals surface area contributed by atoms with E-state index in [4.69, 9.17) is 15.0 Å². The van der Waals surface area contributed by atoms with E-state index in [2.05, 4.69) is 149 Å². The molecule has 11 rings (SSSR count). The number of nitrogens with zero attached hydrogens (tertiary/aromatic N) is 3. The Morgan fingerprint density at radius 2 is 1.11 bits per heavy atom. The van der Waals surface area contributed by atoms with Gasteiger partial charge < -0.3 is 0 Å². The van der Waals surface area contributed by atoms with Gasteiger partial charge in [0.25, 0.3) is 0 Å². The van der Waals surface area contributed by atoms with Crippen LogP contribution in [0.4, 0.5) is 0 Å². The first-order valence-electron chi connectivity index (χ1n) is 20.3. The second-order valence-corrected chi connectivity index (χ2v) is 17.0. The highest BCUT2D eigenvalue weighted by Crippen LogP contribution is 2.61. The van der Waals surface area contributed by atoms with E-state index >= 15 is 0 Å². The Bertz CT molecular complexity index is 2950. The van der Waals surface area contributed by atoms with E-state index in [-0.39, 0.29) is 16.7 Å². The summed E-state index contributed by atoms with van der Waals surface area (Å²) in [5, 5.41) is 5.04. The zero-order valence-corrected chi connectivity index (χ0v) is 32.8. The molecule has 0 amide bonds. The zero-order chi connectivity index (χ0) is 38.5. The second-order valence-electron chi connectivity index (χ2n) is 17.0. The molecule has 3 aliphatic rings. The minimum Gasteiger partial charge on any atom is -0.208 e. The van der Waals surface area contributed by atoms with E-state index < -0.39 is 0 Å². The summed E-state index contributed by atoms with van der Waals surface area (Å²) in [5.74, 6) is 2.09. The fraction of sp³-hybridized carbons (Fsp3) is 0.167. The van der Waals surface area contributed by atoms with Gasteiger partial charge in [-0.05, 0) is 89.9 Å². The van der Waals surface area contributed by atoms with E-state index in [1.54, 1.807) is 0 Å². The smallest absolute Gasteiger partial charge is 0.164 e. The maximum atomic E-state index is 5.17.